The minimum absolute atomic E-state index is 0.213. The Kier molecular flexibility index (Phi) is 2.90. The summed E-state index contributed by atoms with van der Waals surface area (Å²) in [6.45, 7) is 0. The van der Waals surface area contributed by atoms with E-state index in [1.807, 2.05) is 0 Å². The third-order valence-corrected chi connectivity index (χ3v) is 2.73. The Balaban J connectivity index is 2.66. The van der Waals surface area contributed by atoms with Crippen LogP contribution in [0.25, 0.3) is 0 Å². The molecular weight excluding hydrogens is 252 g/mol. The summed E-state index contributed by atoms with van der Waals surface area (Å²) in [6.07, 6.45) is -2.06. The Morgan fingerprint density at radius 2 is 1.72 bits per heavy atom. The summed E-state index contributed by atoms with van der Waals surface area (Å²) in [6, 6.07) is 4.63. The number of hydrogen-bond acceptors (Lipinski definition) is 2. The summed E-state index contributed by atoms with van der Waals surface area (Å²) < 4.78 is 54.0. The summed E-state index contributed by atoms with van der Waals surface area (Å²) in [5.74, 6) is -6.47. The second-order valence-corrected chi connectivity index (χ2v) is 3.82. The highest BCUT2D eigenvalue weighted by Crippen LogP contribution is 2.48. The van der Waals surface area contributed by atoms with Gasteiger partial charge in [-0.1, -0.05) is 18.2 Å². The van der Waals surface area contributed by atoms with Gasteiger partial charge < -0.3 is 10.2 Å². The number of allylic oxidation sites excluding steroid dienone is 2. The van der Waals surface area contributed by atoms with E-state index in [1.165, 1.54) is 12.1 Å². The van der Waals surface area contributed by atoms with E-state index in [-0.39, 0.29) is 6.08 Å². The predicted octanol–water partition coefficient (Wildman–Crippen LogP) is 2.94. The van der Waals surface area contributed by atoms with Crippen molar-refractivity contribution < 1.29 is 27.8 Å². The number of aromatic hydroxyl groups is 1. The van der Waals surface area contributed by atoms with Gasteiger partial charge in [-0.15, -0.1) is 0 Å². The first-order valence-electron chi connectivity index (χ1n) is 4.98. The van der Waals surface area contributed by atoms with Crippen molar-refractivity contribution in [2.75, 3.05) is 0 Å². The molecule has 0 amide bonds. The number of phenols is 1. The van der Waals surface area contributed by atoms with E-state index in [0.717, 1.165) is 12.1 Å². The number of benzene rings is 1. The van der Waals surface area contributed by atoms with Crippen LogP contribution in [-0.4, -0.2) is 16.3 Å². The average Bonchev–Trinajstić information content (AvgIpc) is 2.34. The maximum absolute atomic E-state index is 14.5. The summed E-state index contributed by atoms with van der Waals surface area (Å²) in [7, 11) is 0. The molecule has 0 spiro atoms. The first-order valence-corrected chi connectivity index (χ1v) is 4.98. The molecule has 2 unspecified atom stereocenters. The van der Waals surface area contributed by atoms with Crippen LogP contribution in [0, 0.1) is 0 Å². The van der Waals surface area contributed by atoms with E-state index >= 15 is 0 Å². The molecule has 0 radical (unpaired) electrons. The van der Waals surface area contributed by atoms with Crippen molar-refractivity contribution >= 4 is 0 Å². The number of rotatable bonds is 1. The van der Waals surface area contributed by atoms with Gasteiger partial charge in [0.25, 0.3) is 0 Å². The fraction of sp³-hybridized carbons (Fsp3) is 0.167. The molecule has 0 bridgehead atoms. The molecule has 0 saturated heterocycles. The number of para-hydroxylation sites is 1. The van der Waals surface area contributed by atoms with Gasteiger partial charge >= 0.3 is 0 Å². The fourth-order valence-corrected chi connectivity index (χ4v) is 1.78. The summed E-state index contributed by atoms with van der Waals surface area (Å²) in [5.41, 5.74) is -4.01. The highest BCUT2D eigenvalue weighted by molar-refractivity contribution is 5.48. The lowest BCUT2D eigenvalue weighted by Crippen LogP contribution is -2.37. The van der Waals surface area contributed by atoms with Gasteiger partial charge in [0.1, 0.15) is 11.9 Å². The first kappa shape index (κ1) is 12.6. The van der Waals surface area contributed by atoms with E-state index in [2.05, 4.69) is 0 Å². The maximum Gasteiger partial charge on any atom is 0.222 e. The third-order valence-electron chi connectivity index (χ3n) is 2.73. The van der Waals surface area contributed by atoms with Crippen LogP contribution in [0.15, 0.2) is 47.8 Å². The lowest BCUT2D eigenvalue weighted by molar-refractivity contribution is 0.0195. The molecule has 6 heteroatoms. The van der Waals surface area contributed by atoms with E-state index in [9.17, 15) is 27.8 Å². The number of phenolic OH excluding ortho intramolecular Hbond substituents is 1. The molecule has 0 aliphatic heterocycles. The van der Waals surface area contributed by atoms with Gasteiger partial charge in [-0.25, -0.2) is 17.6 Å². The van der Waals surface area contributed by atoms with E-state index in [1.54, 1.807) is 0 Å². The molecule has 1 aliphatic carbocycles. The van der Waals surface area contributed by atoms with Crippen molar-refractivity contribution in [3.8, 4) is 5.75 Å². The molecule has 2 nitrogen and oxygen atoms in total. The monoisotopic (exact) mass is 260 g/mol. The maximum atomic E-state index is 14.5. The van der Waals surface area contributed by atoms with Crippen molar-refractivity contribution in [2.45, 2.75) is 11.8 Å². The van der Waals surface area contributed by atoms with Crippen molar-refractivity contribution in [1.82, 2.24) is 0 Å². The molecule has 0 aromatic heterocycles. The number of hydrogen-bond donors (Lipinski definition) is 2. The topological polar surface area (TPSA) is 40.5 Å². The van der Waals surface area contributed by atoms with Gasteiger partial charge in [0.2, 0.25) is 5.67 Å². The second kappa shape index (κ2) is 4.13. The predicted molar refractivity (Wildman–Crippen MR) is 55.3 cm³/mol. The zero-order valence-electron chi connectivity index (χ0n) is 8.87. The van der Waals surface area contributed by atoms with E-state index in [4.69, 9.17) is 0 Å². The van der Waals surface area contributed by atoms with Crippen molar-refractivity contribution in [3.05, 3.63) is 53.4 Å². The van der Waals surface area contributed by atoms with Gasteiger partial charge in [0.05, 0.1) is 0 Å². The van der Waals surface area contributed by atoms with Crippen molar-refractivity contribution in [2.24, 2.45) is 0 Å². The number of halogens is 4. The number of alkyl halides is 1. The average molecular weight is 260 g/mol. The van der Waals surface area contributed by atoms with Crippen LogP contribution in [-0.2, 0) is 5.67 Å². The zero-order valence-corrected chi connectivity index (χ0v) is 8.87. The minimum Gasteiger partial charge on any atom is -0.508 e. The molecule has 0 heterocycles. The molecule has 96 valence electrons. The number of aliphatic hydroxyl groups excluding tert-OH is 1. The van der Waals surface area contributed by atoms with Crippen LogP contribution in [0.5, 0.6) is 5.75 Å². The summed E-state index contributed by atoms with van der Waals surface area (Å²) in [5, 5.41) is 18.9. The largest absolute Gasteiger partial charge is 0.508 e. The van der Waals surface area contributed by atoms with Crippen molar-refractivity contribution in [3.63, 3.8) is 0 Å². The van der Waals surface area contributed by atoms with Crippen LogP contribution in [0.1, 0.15) is 5.56 Å². The van der Waals surface area contributed by atoms with Crippen LogP contribution in [0.3, 0.4) is 0 Å². The van der Waals surface area contributed by atoms with E-state index < -0.39 is 40.6 Å². The SMILES string of the molecule is Oc1ccccc1C1(F)C(F)=C(F)C(F)=CC1O. The van der Waals surface area contributed by atoms with Crippen molar-refractivity contribution in [1.29, 1.82) is 0 Å². The quantitative estimate of drug-likeness (QED) is 0.762. The highest BCUT2D eigenvalue weighted by Gasteiger charge is 2.51. The summed E-state index contributed by atoms with van der Waals surface area (Å²) in [4.78, 5) is 0. The van der Waals surface area contributed by atoms with E-state index in [0.29, 0.717) is 0 Å². The second-order valence-electron chi connectivity index (χ2n) is 3.82. The van der Waals surface area contributed by atoms with Gasteiger partial charge in [-0.05, 0) is 12.1 Å². The molecule has 2 N–H and O–H groups in total. The molecule has 2 rings (SSSR count). The van der Waals surface area contributed by atoms with Gasteiger partial charge in [-0.3, -0.25) is 0 Å². The Hall–Kier alpha value is -1.82. The molecule has 2 atom stereocenters. The Morgan fingerprint density at radius 1 is 1.11 bits per heavy atom. The molecule has 1 aromatic carbocycles. The molecule has 1 aliphatic rings. The standard InChI is InChI=1S/C12H8F4O2/c13-7-5-9(18)12(16,11(15)10(7)14)6-3-1-2-4-8(6)17/h1-5,9,17-18H. The number of aliphatic hydroxyl groups is 1. The molecule has 0 fully saturated rings. The smallest absolute Gasteiger partial charge is 0.222 e. The highest BCUT2D eigenvalue weighted by atomic mass is 19.2. The molecule has 18 heavy (non-hydrogen) atoms. The van der Waals surface area contributed by atoms with Crippen LogP contribution in [0.4, 0.5) is 17.6 Å². The van der Waals surface area contributed by atoms with Crippen LogP contribution >= 0.6 is 0 Å². The zero-order chi connectivity index (χ0) is 13.5. The van der Waals surface area contributed by atoms with Gasteiger partial charge in [0, 0.05) is 5.56 Å². The minimum atomic E-state index is -3.34. The van der Waals surface area contributed by atoms with Gasteiger partial charge in [-0.2, -0.15) is 0 Å². The lowest BCUT2D eigenvalue weighted by atomic mass is 9.84. The fourth-order valence-electron chi connectivity index (χ4n) is 1.78. The first-order chi connectivity index (χ1) is 8.39. The molecule has 1 aromatic rings. The summed E-state index contributed by atoms with van der Waals surface area (Å²) >= 11 is 0. The Morgan fingerprint density at radius 3 is 2.33 bits per heavy atom. The van der Waals surface area contributed by atoms with Crippen LogP contribution in [0.2, 0.25) is 0 Å². The van der Waals surface area contributed by atoms with Gasteiger partial charge in [0.15, 0.2) is 17.5 Å². The molecule has 0 saturated carbocycles. The Bertz CT molecular complexity index is 553. The third kappa shape index (κ3) is 1.60. The lowest BCUT2D eigenvalue weighted by Gasteiger charge is -2.30. The molecular formula is C12H8F4O2. The Labute approximate surface area is 99.5 Å². The van der Waals surface area contributed by atoms with Crippen LogP contribution < -0.4 is 0 Å². The normalized spacial score (nSPS) is 28.3.